The van der Waals surface area contributed by atoms with Crippen molar-refractivity contribution in [3.8, 4) is 5.69 Å². The number of aromatic nitrogens is 2. The van der Waals surface area contributed by atoms with E-state index in [1.807, 2.05) is 43.5 Å². The molecule has 1 aromatic heterocycles. The van der Waals surface area contributed by atoms with Gasteiger partial charge in [0, 0.05) is 19.9 Å². The average molecular weight is 323 g/mol. The van der Waals surface area contributed by atoms with E-state index >= 15 is 0 Å². The summed E-state index contributed by atoms with van der Waals surface area (Å²) in [7, 11) is -1.89. The van der Waals surface area contributed by atoms with Crippen LogP contribution in [0.4, 0.5) is 0 Å². The van der Waals surface area contributed by atoms with Crippen LogP contribution in [0.15, 0.2) is 36.5 Å². The molecule has 0 aliphatic rings. The van der Waals surface area contributed by atoms with Gasteiger partial charge in [-0.15, -0.1) is 0 Å². The molecule has 0 bridgehead atoms. The lowest BCUT2D eigenvalue weighted by atomic mass is 10.2. The van der Waals surface area contributed by atoms with E-state index < -0.39 is 10.0 Å². The molecule has 22 heavy (non-hydrogen) atoms. The first-order valence-corrected chi connectivity index (χ1v) is 8.67. The summed E-state index contributed by atoms with van der Waals surface area (Å²) in [6, 6.07) is 9.47. The van der Waals surface area contributed by atoms with Crippen LogP contribution in [0.25, 0.3) is 5.69 Å². The molecule has 120 valence electrons. The summed E-state index contributed by atoms with van der Waals surface area (Å²) in [5.41, 5.74) is 2.63. The maximum absolute atomic E-state index is 12.0. The number of hydrogen-bond acceptors (Lipinski definition) is 4. The zero-order chi connectivity index (χ0) is 16.2. The molecule has 1 aromatic carbocycles. The van der Waals surface area contributed by atoms with Gasteiger partial charge >= 0.3 is 0 Å². The lowest BCUT2D eigenvalue weighted by molar-refractivity contribution is 0.136. The number of aryl methyl sites for hydroxylation is 1. The van der Waals surface area contributed by atoms with Gasteiger partial charge in [-0.3, -0.25) is 0 Å². The summed E-state index contributed by atoms with van der Waals surface area (Å²) in [5, 5.41) is 4.37. The summed E-state index contributed by atoms with van der Waals surface area (Å²) < 4.78 is 33.4. The van der Waals surface area contributed by atoms with E-state index in [9.17, 15) is 8.42 Å². The molecule has 0 fully saturated rings. The molecule has 0 radical (unpaired) electrons. The number of sulfonamides is 1. The van der Waals surface area contributed by atoms with Crippen LogP contribution >= 0.6 is 0 Å². The predicted octanol–water partition coefficient (Wildman–Crippen LogP) is 1.64. The van der Waals surface area contributed by atoms with Crippen molar-refractivity contribution in [3.05, 3.63) is 47.8 Å². The number of nitrogens with zero attached hydrogens (tertiary/aromatic N) is 2. The van der Waals surface area contributed by atoms with E-state index in [0.717, 1.165) is 16.9 Å². The van der Waals surface area contributed by atoms with E-state index in [-0.39, 0.29) is 18.4 Å². The van der Waals surface area contributed by atoms with Gasteiger partial charge in [-0.05, 0) is 31.5 Å². The second-order valence-electron chi connectivity index (χ2n) is 5.18. The Morgan fingerprint density at radius 2 is 2.05 bits per heavy atom. The number of ether oxygens (including phenoxy) is 1. The Morgan fingerprint density at radius 1 is 1.32 bits per heavy atom. The number of rotatable bonds is 7. The molecular formula is C15H21N3O3S. The number of hydrogen-bond donors (Lipinski definition) is 1. The van der Waals surface area contributed by atoms with E-state index in [0.29, 0.717) is 0 Å². The van der Waals surface area contributed by atoms with Crippen LogP contribution in [0.5, 0.6) is 0 Å². The standard InChI is InChI=1S/C15H21N3O3S/c1-12-8-9-18(17-12)15-7-5-4-6-14(15)10-16-22(19,20)11-13(2)21-3/h4-9,13,16H,10-11H2,1-3H3. The first kappa shape index (κ1) is 16.7. The SMILES string of the molecule is COC(C)CS(=O)(=O)NCc1ccccc1-n1ccc(C)n1. The van der Waals surface area contributed by atoms with Gasteiger partial charge in [0.25, 0.3) is 0 Å². The summed E-state index contributed by atoms with van der Waals surface area (Å²) >= 11 is 0. The second-order valence-corrected chi connectivity index (χ2v) is 7.03. The highest BCUT2D eigenvalue weighted by molar-refractivity contribution is 7.89. The number of para-hydroxylation sites is 1. The fourth-order valence-electron chi connectivity index (χ4n) is 2.06. The molecule has 0 aliphatic carbocycles. The van der Waals surface area contributed by atoms with Crippen molar-refractivity contribution in [2.75, 3.05) is 12.9 Å². The smallest absolute Gasteiger partial charge is 0.214 e. The predicted molar refractivity (Wildman–Crippen MR) is 85.4 cm³/mol. The second kappa shape index (κ2) is 7.04. The van der Waals surface area contributed by atoms with E-state index in [1.54, 1.807) is 11.6 Å². The van der Waals surface area contributed by atoms with Crippen molar-refractivity contribution in [2.45, 2.75) is 26.5 Å². The molecule has 1 atom stereocenters. The Hall–Kier alpha value is -1.70. The zero-order valence-electron chi connectivity index (χ0n) is 13.0. The van der Waals surface area contributed by atoms with Crippen LogP contribution in [0.1, 0.15) is 18.2 Å². The van der Waals surface area contributed by atoms with Gasteiger partial charge in [0.05, 0.1) is 23.2 Å². The normalized spacial score (nSPS) is 13.2. The molecule has 0 spiro atoms. The Morgan fingerprint density at radius 3 is 2.68 bits per heavy atom. The van der Waals surface area contributed by atoms with Gasteiger partial charge in [-0.25, -0.2) is 17.8 Å². The molecule has 1 N–H and O–H groups in total. The van der Waals surface area contributed by atoms with Crippen molar-refractivity contribution in [1.82, 2.24) is 14.5 Å². The minimum absolute atomic E-state index is 0.0630. The van der Waals surface area contributed by atoms with Crippen LogP contribution in [0.3, 0.4) is 0 Å². The first-order valence-electron chi connectivity index (χ1n) is 7.02. The van der Waals surface area contributed by atoms with Crippen LogP contribution in [-0.4, -0.2) is 37.2 Å². The third-order valence-electron chi connectivity index (χ3n) is 3.30. The lowest BCUT2D eigenvalue weighted by Crippen LogP contribution is -2.31. The Bertz CT molecular complexity index is 725. The Balaban J connectivity index is 2.14. The highest BCUT2D eigenvalue weighted by atomic mass is 32.2. The Labute approximate surface area is 131 Å². The van der Waals surface area contributed by atoms with Crippen molar-refractivity contribution in [2.24, 2.45) is 0 Å². The Kier molecular flexibility index (Phi) is 5.33. The molecule has 0 aliphatic heterocycles. The number of methoxy groups -OCH3 is 1. The highest BCUT2D eigenvalue weighted by Crippen LogP contribution is 2.14. The maximum Gasteiger partial charge on any atom is 0.214 e. The summed E-state index contributed by atoms with van der Waals surface area (Å²) in [6.45, 7) is 3.85. The molecule has 0 saturated carbocycles. The van der Waals surface area contributed by atoms with Crippen LogP contribution in [-0.2, 0) is 21.3 Å². The molecule has 0 saturated heterocycles. The van der Waals surface area contributed by atoms with Gasteiger partial charge in [0.2, 0.25) is 10.0 Å². The van der Waals surface area contributed by atoms with Gasteiger partial charge in [-0.2, -0.15) is 5.10 Å². The average Bonchev–Trinajstić information content (AvgIpc) is 2.91. The topological polar surface area (TPSA) is 73.2 Å². The van der Waals surface area contributed by atoms with E-state index in [1.165, 1.54) is 7.11 Å². The zero-order valence-corrected chi connectivity index (χ0v) is 13.8. The van der Waals surface area contributed by atoms with Crippen LogP contribution < -0.4 is 4.72 Å². The quantitative estimate of drug-likeness (QED) is 0.840. The fourth-order valence-corrected chi connectivity index (χ4v) is 3.30. The van der Waals surface area contributed by atoms with Gasteiger partial charge in [0.1, 0.15) is 0 Å². The van der Waals surface area contributed by atoms with Gasteiger partial charge < -0.3 is 4.74 Å². The van der Waals surface area contributed by atoms with Crippen molar-refractivity contribution in [1.29, 1.82) is 0 Å². The van der Waals surface area contributed by atoms with E-state index in [4.69, 9.17) is 4.74 Å². The van der Waals surface area contributed by atoms with Gasteiger partial charge in [-0.1, -0.05) is 18.2 Å². The molecular weight excluding hydrogens is 302 g/mol. The monoisotopic (exact) mass is 323 g/mol. The highest BCUT2D eigenvalue weighted by Gasteiger charge is 2.16. The van der Waals surface area contributed by atoms with Crippen LogP contribution in [0, 0.1) is 6.92 Å². The minimum atomic E-state index is -3.39. The number of nitrogens with one attached hydrogen (secondary N) is 1. The molecule has 6 nitrogen and oxygen atoms in total. The number of benzene rings is 1. The third kappa shape index (κ3) is 4.40. The summed E-state index contributed by atoms with van der Waals surface area (Å²) in [6.07, 6.45) is 1.51. The fraction of sp³-hybridized carbons (Fsp3) is 0.400. The molecule has 1 unspecified atom stereocenters. The first-order chi connectivity index (χ1) is 10.4. The van der Waals surface area contributed by atoms with E-state index in [2.05, 4.69) is 9.82 Å². The summed E-state index contributed by atoms with van der Waals surface area (Å²) in [5.74, 6) is -0.0630. The van der Waals surface area contributed by atoms with Crippen molar-refractivity contribution in [3.63, 3.8) is 0 Å². The largest absolute Gasteiger partial charge is 0.381 e. The van der Waals surface area contributed by atoms with Gasteiger partial charge in [0.15, 0.2) is 0 Å². The third-order valence-corrected chi connectivity index (χ3v) is 4.79. The maximum atomic E-state index is 12.0. The summed E-state index contributed by atoms with van der Waals surface area (Å²) in [4.78, 5) is 0. The van der Waals surface area contributed by atoms with Crippen LogP contribution in [0.2, 0.25) is 0 Å². The molecule has 0 amide bonds. The molecule has 7 heteroatoms. The molecule has 2 aromatic rings. The minimum Gasteiger partial charge on any atom is -0.381 e. The van der Waals surface area contributed by atoms with Crippen molar-refractivity contribution < 1.29 is 13.2 Å². The lowest BCUT2D eigenvalue weighted by Gasteiger charge is -2.13. The molecule has 1 heterocycles. The van der Waals surface area contributed by atoms with Crippen molar-refractivity contribution >= 4 is 10.0 Å². The molecule has 2 rings (SSSR count).